The van der Waals surface area contributed by atoms with E-state index < -0.39 is 21.2 Å². The van der Waals surface area contributed by atoms with Gasteiger partial charge in [-0.15, -0.1) is 0 Å². The van der Waals surface area contributed by atoms with Crippen molar-refractivity contribution in [2.24, 2.45) is 0 Å². The van der Waals surface area contributed by atoms with Crippen LogP contribution in [0.15, 0.2) is 0 Å². The Kier molecular flexibility index (Phi) is 4.06. The Balaban J connectivity index is 2.76. The molecule has 1 rings (SSSR count). The number of esters is 1. The van der Waals surface area contributed by atoms with E-state index in [4.69, 9.17) is 4.74 Å². The van der Waals surface area contributed by atoms with Crippen molar-refractivity contribution in [3.63, 3.8) is 0 Å². The van der Waals surface area contributed by atoms with Crippen LogP contribution in [0.25, 0.3) is 0 Å². The highest BCUT2D eigenvalue weighted by molar-refractivity contribution is 7.90. The summed E-state index contributed by atoms with van der Waals surface area (Å²) in [5, 5.41) is -1.15. The molecule has 0 aliphatic carbocycles. The second-order valence-corrected chi connectivity index (χ2v) is 5.48. The Morgan fingerprint density at radius 3 is 2.40 bits per heavy atom. The molecule has 0 amide bonds. The summed E-state index contributed by atoms with van der Waals surface area (Å²) < 4.78 is 34.4. The van der Waals surface area contributed by atoms with E-state index in [1.807, 2.05) is 0 Å². The number of rotatable bonds is 3. The first kappa shape index (κ1) is 12.4. The standard InChI is InChI=1S/C8H15NO5S/c1-7(8(10)13-2)15(11,12)9-3-5-14-6-4-9/h7H,3-6H2,1-2H3. The van der Waals surface area contributed by atoms with Crippen LogP contribution in [-0.2, 0) is 24.3 Å². The molecule has 0 aromatic rings. The lowest BCUT2D eigenvalue weighted by Crippen LogP contribution is -2.46. The summed E-state index contributed by atoms with van der Waals surface area (Å²) in [6, 6.07) is 0. The number of sulfonamides is 1. The molecule has 1 saturated heterocycles. The molecule has 1 aliphatic rings. The molecule has 0 aromatic heterocycles. The number of carbonyl (C=O) groups is 1. The first-order valence-electron chi connectivity index (χ1n) is 4.64. The lowest BCUT2D eigenvalue weighted by Gasteiger charge is -2.27. The summed E-state index contributed by atoms with van der Waals surface area (Å²) in [5.41, 5.74) is 0. The van der Waals surface area contributed by atoms with Gasteiger partial charge in [-0.25, -0.2) is 8.42 Å². The molecule has 7 heteroatoms. The fourth-order valence-electron chi connectivity index (χ4n) is 1.31. The second-order valence-electron chi connectivity index (χ2n) is 3.22. The molecular formula is C8H15NO5S. The van der Waals surface area contributed by atoms with Gasteiger partial charge < -0.3 is 9.47 Å². The third-order valence-corrected chi connectivity index (χ3v) is 4.48. The number of methoxy groups -OCH3 is 1. The quantitative estimate of drug-likeness (QED) is 0.601. The van der Waals surface area contributed by atoms with Crippen molar-refractivity contribution in [3.05, 3.63) is 0 Å². The summed E-state index contributed by atoms with van der Waals surface area (Å²) in [6.45, 7) is 2.66. The number of morpholine rings is 1. The minimum Gasteiger partial charge on any atom is -0.468 e. The highest BCUT2D eigenvalue weighted by atomic mass is 32.2. The predicted molar refractivity (Wildman–Crippen MR) is 52.8 cm³/mol. The molecule has 0 radical (unpaired) electrons. The van der Waals surface area contributed by atoms with Crippen LogP contribution in [0.3, 0.4) is 0 Å². The highest BCUT2D eigenvalue weighted by Crippen LogP contribution is 2.12. The van der Waals surface area contributed by atoms with Crippen molar-refractivity contribution in [2.45, 2.75) is 12.2 Å². The molecule has 15 heavy (non-hydrogen) atoms. The SMILES string of the molecule is COC(=O)C(C)S(=O)(=O)N1CCOCC1. The van der Waals surface area contributed by atoms with Crippen LogP contribution in [0.1, 0.15) is 6.92 Å². The van der Waals surface area contributed by atoms with E-state index in [1.54, 1.807) is 0 Å². The van der Waals surface area contributed by atoms with Crippen LogP contribution in [0.2, 0.25) is 0 Å². The summed E-state index contributed by atoms with van der Waals surface area (Å²) in [5.74, 6) is -0.735. The van der Waals surface area contributed by atoms with Gasteiger partial charge >= 0.3 is 5.97 Å². The molecular weight excluding hydrogens is 222 g/mol. The van der Waals surface area contributed by atoms with Crippen LogP contribution in [-0.4, -0.2) is 57.4 Å². The van der Waals surface area contributed by atoms with E-state index in [2.05, 4.69) is 4.74 Å². The molecule has 1 fully saturated rings. The molecule has 0 bridgehead atoms. The van der Waals surface area contributed by atoms with Crippen LogP contribution >= 0.6 is 0 Å². The Morgan fingerprint density at radius 1 is 1.40 bits per heavy atom. The number of carbonyl (C=O) groups excluding carboxylic acids is 1. The van der Waals surface area contributed by atoms with Gasteiger partial charge in [0.2, 0.25) is 10.0 Å². The number of hydrogen-bond acceptors (Lipinski definition) is 5. The maximum Gasteiger partial charge on any atom is 0.325 e. The predicted octanol–water partition coefficient (Wildman–Crippen LogP) is -0.790. The van der Waals surface area contributed by atoms with Crippen molar-refractivity contribution in [1.29, 1.82) is 0 Å². The van der Waals surface area contributed by atoms with Gasteiger partial charge in [-0.1, -0.05) is 0 Å². The summed E-state index contributed by atoms with van der Waals surface area (Å²) in [4.78, 5) is 11.1. The van der Waals surface area contributed by atoms with Crippen LogP contribution in [0.4, 0.5) is 0 Å². The molecule has 88 valence electrons. The third-order valence-electron chi connectivity index (χ3n) is 2.31. The zero-order valence-electron chi connectivity index (χ0n) is 8.80. The highest BCUT2D eigenvalue weighted by Gasteiger charge is 2.35. The van der Waals surface area contributed by atoms with Crippen molar-refractivity contribution in [1.82, 2.24) is 4.31 Å². The van der Waals surface area contributed by atoms with Gasteiger partial charge in [-0.3, -0.25) is 4.79 Å². The minimum absolute atomic E-state index is 0.295. The Labute approximate surface area is 89.2 Å². The van der Waals surface area contributed by atoms with Crippen molar-refractivity contribution >= 4 is 16.0 Å². The molecule has 0 saturated carbocycles. The van der Waals surface area contributed by atoms with Gasteiger partial charge in [0.05, 0.1) is 20.3 Å². The van der Waals surface area contributed by atoms with Crippen LogP contribution in [0.5, 0.6) is 0 Å². The first-order chi connectivity index (χ1) is 7.00. The largest absolute Gasteiger partial charge is 0.468 e. The molecule has 6 nitrogen and oxygen atoms in total. The Bertz CT molecular complexity index is 320. The molecule has 0 aromatic carbocycles. The van der Waals surface area contributed by atoms with E-state index in [9.17, 15) is 13.2 Å². The second kappa shape index (κ2) is 4.91. The third kappa shape index (κ3) is 2.67. The molecule has 0 spiro atoms. The topological polar surface area (TPSA) is 72.9 Å². The van der Waals surface area contributed by atoms with Crippen LogP contribution in [0, 0.1) is 0 Å². The van der Waals surface area contributed by atoms with Gasteiger partial charge in [0.25, 0.3) is 0 Å². The van der Waals surface area contributed by atoms with E-state index >= 15 is 0 Å². The smallest absolute Gasteiger partial charge is 0.325 e. The molecule has 1 unspecified atom stereocenters. The van der Waals surface area contributed by atoms with E-state index in [1.165, 1.54) is 18.3 Å². The normalized spacial score (nSPS) is 20.9. The zero-order chi connectivity index (χ0) is 11.5. The number of nitrogens with zero attached hydrogens (tertiary/aromatic N) is 1. The Morgan fingerprint density at radius 2 is 1.93 bits per heavy atom. The molecule has 1 atom stereocenters. The van der Waals surface area contributed by atoms with Gasteiger partial charge in [0.1, 0.15) is 0 Å². The zero-order valence-corrected chi connectivity index (χ0v) is 9.62. The fourth-order valence-corrected chi connectivity index (χ4v) is 2.76. The fraction of sp³-hybridized carbons (Fsp3) is 0.875. The average Bonchev–Trinajstić information content (AvgIpc) is 2.28. The van der Waals surface area contributed by atoms with Crippen molar-refractivity contribution in [2.75, 3.05) is 33.4 Å². The monoisotopic (exact) mass is 237 g/mol. The van der Waals surface area contributed by atoms with Gasteiger partial charge in [0, 0.05) is 13.1 Å². The van der Waals surface area contributed by atoms with E-state index in [-0.39, 0.29) is 0 Å². The van der Waals surface area contributed by atoms with Crippen LogP contribution < -0.4 is 0 Å². The molecule has 1 heterocycles. The van der Waals surface area contributed by atoms with E-state index in [0.29, 0.717) is 26.3 Å². The average molecular weight is 237 g/mol. The number of ether oxygens (including phenoxy) is 2. The van der Waals surface area contributed by atoms with Crippen molar-refractivity contribution < 1.29 is 22.7 Å². The number of hydrogen-bond donors (Lipinski definition) is 0. The minimum atomic E-state index is -3.59. The molecule has 1 aliphatic heterocycles. The summed E-state index contributed by atoms with van der Waals surface area (Å²) in [6.07, 6.45) is 0. The lowest BCUT2D eigenvalue weighted by atomic mass is 10.5. The van der Waals surface area contributed by atoms with E-state index in [0.717, 1.165) is 0 Å². The first-order valence-corrected chi connectivity index (χ1v) is 6.15. The maximum atomic E-state index is 11.9. The van der Waals surface area contributed by atoms with Gasteiger partial charge in [-0.2, -0.15) is 4.31 Å². The van der Waals surface area contributed by atoms with Gasteiger partial charge in [-0.05, 0) is 6.92 Å². The summed E-state index contributed by atoms with van der Waals surface area (Å²) in [7, 11) is -2.42. The lowest BCUT2D eigenvalue weighted by molar-refractivity contribution is -0.139. The maximum absolute atomic E-state index is 11.9. The molecule has 0 N–H and O–H groups in total. The summed E-state index contributed by atoms with van der Waals surface area (Å²) >= 11 is 0. The van der Waals surface area contributed by atoms with Crippen molar-refractivity contribution in [3.8, 4) is 0 Å². The van der Waals surface area contributed by atoms with Gasteiger partial charge in [0.15, 0.2) is 5.25 Å². The Hall–Kier alpha value is -0.660.